The number of hydrogen-bond acceptors (Lipinski definition) is 6. The highest BCUT2D eigenvalue weighted by atomic mass is 79.9. The number of thioether (sulfide) groups is 1. The van der Waals surface area contributed by atoms with Crippen molar-refractivity contribution in [1.82, 2.24) is 0 Å². The van der Waals surface area contributed by atoms with Gasteiger partial charge in [-0.15, -0.1) is 0 Å². The van der Waals surface area contributed by atoms with Gasteiger partial charge < -0.3 is 14.6 Å². The molecule has 1 N–H and O–H groups in total. The average Bonchev–Trinajstić information content (AvgIpc) is 3.03. The van der Waals surface area contributed by atoms with Crippen molar-refractivity contribution in [3.8, 4) is 5.75 Å². The highest BCUT2D eigenvalue weighted by Gasteiger charge is 2.34. The van der Waals surface area contributed by atoms with Crippen LogP contribution in [0.1, 0.15) is 22.8 Å². The summed E-state index contributed by atoms with van der Waals surface area (Å²) < 4.78 is 12.0. The molecule has 0 bridgehead atoms. The van der Waals surface area contributed by atoms with E-state index in [2.05, 4.69) is 36.9 Å². The van der Waals surface area contributed by atoms with E-state index < -0.39 is 11.9 Å². The number of benzene rings is 2. The summed E-state index contributed by atoms with van der Waals surface area (Å²) in [4.78, 5) is 29.5. The van der Waals surface area contributed by atoms with Gasteiger partial charge in [0.05, 0.1) is 23.1 Å². The van der Waals surface area contributed by atoms with Crippen molar-refractivity contribution in [2.75, 3.05) is 13.7 Å². The molecule has 1 aliphatic heterocycles. The van der Waals surface area contributed by atoms with Crippen molar-refractivity contribution in [2.24, 2.45) is 4.99 Å². The molecule has 0 radical (unpaired) electrons. The third kappa shape index (κ3) is 5.28. The van der Waals surface area contributed by atoms with Gasteiger partial charge in [0.25, 0.3) is 5.91 Å². The van der Waals surface area contributed by atoms with E-state index in [0.717, 1.165) is 16.2 Å². The molecule has 9 heteroatoms. The Kier molecular flexibility index (Phi) is 7.74. The maximum absolute atomic E-state index is 12.6. The summed E-state index contributed by atoms with van der Waals surface area (Å²) in [5, 5.41) is 10.9. The molecule has 1 heterocycles. The van der Waals surface area contributed by atoms with Gasteiger partial charge in [0, 0.05) is 15.6 Å². The fourth-order valence-corrected chi connectivity index (χ4v) is 5.20. The van der Waals surface area contributed by atoms with Gasteiger partial charge in [-0.3, -0.25) is 4.79 Å². The lowest BCUT2D eigenvalue weighted by molar-refractivity contribution is -0.138. The lowest BCUT2D eigenvalue weighted by Crippen LogP contribution is -2.14. The molecule has 2 aromatic carbocycles. The topological polar surface area (TPSA) is 85.2 Å². The van der Waals surface area contributed by atoms with E-state index in [4.69, 9.17) is 9.47 Å². The number of amides is 1. The smallest absolute Gasteiger partial charge is 0.344 e. The van der Waals surface area contributed by atoms with Gasteiger partial charge in [0.2, 0.25) is 0 Å². The molecule has 0 fully saturated rings. The Morgan fingerprint density at radius 3 is 2.55 bits per heavy atom. The minimum Gasteiger partial charge on any atom is -0.506 e. The second-order valence-electron chi connectivity index (χ2n) is 6.15. The highest BCUT2D eigenvalue weighted by molar-refractivity contribution is 9.11. The molecular weight excluding hydrogens is 550 g/mol. The van der Waals surface area contributed by atoms with E-state index in [-0.39, 0.29) is 23.0 Å². The maximum Gasteiger partial charge on any atom is 0.344 e. The number of aliphatic hydroxyl groups excluding tert-OH is 1. The Morgan fingerprint density at radius 1 is 1.19 bits per heavy atom. The Balaban J connectivity index is 2.09. The number of halogens is 2. The second kappa shape index (κ2) is 10.3. The highest BCUT2D eigenvalue weighted by Crippen LogP contribution is 2.42. The van der Waals surface area contributed by atoms with Crippen LogP contribution in [-0.4, -0.2) is 35.7 Å². The zero-order valence-electron chi connectivity index (χ0n) is 16.5. The molecule has 31 heavy (non-hydrogen) atoms. The lowest BCUT2D eigenvalue weighted by Gasteiger charge is -2.09. The fraction of sp³-hybridized carbons (Fsp3) is 0.136. The van der Waals surface area contributed by atoms with Crippen LogP contribution in [0.25, 0.3) is 6.08 Å². The summed E-state index contributed by atoms with van der Waals surface area (Å²) in [7, 11) is 1.53. The van der Waals surface area contributed by atoms with Gasteiger partial charge in [0.1, 0.15) is 22.1 Å². The number of aliphatic imine (C=N–C) groups is 1. The number of carbonyl (C=O) groups excluding carboxylic acids is 2. The monoisotopic (exact) mass is 565 g/mol. The molecular formula is C22H17Br2NO5S. The normalized spacial score (nSPS) is 16.1. The standard InChI is InChI=1S/C22H17Br2NO5S/c1-3-30-22(28)17-18(26)16(10-13-9-14(23)11-15(24)19(13)29-2)31-21(17)25-20(27)12-7-5-4-6-8-12/h4-11,26H,3H2,1-2H3/b16-10-,25-21?. The third-order valence-corrected chi connectivity index (χ3v) is 6.19. The summed E-state index contributed by atoms with van der Waals surface area (Å²) in [5.41, 5.74) is 0.875. The molecule has 0 spiro atoms. The van der Waals surface area contributed by atoms with Gasteiger partial charge >= 0.3 is 5.97 Å². The summed E-state index contributed by atoms with van der Waals surface area (Å²) in [6.45, 7) is 1.77. The van der Waals surface area contributed by atoms with Gasteiger partial charge in [-0.05, 0) is 53.2 Å². The zero-order valence-corrected chi connectivity index (χ0v) is 20.5. The van der Waals surface area contributed by atoms with Crippen LogP contribution in [0.4, 0.5) is 0 Å². The van der Waals surface area contributed by atoms with Crippen LogP contribution < -0.4 is 4.74 Å². The lowest BCUT2D eigenvalue weighted by atomic mass is 10.1. The van der Waals surface area contributed by atoms with Crippen LogP contribution in [0.15, 0.2) is 72.6 Å². The van der Waals surface area contributed by atoms with Crippen molar-refractivity contribution in [1.29, 1.82) is 0 Å². The molecule has 3 rings (SSSR count). The average molecular weight is 567 g/mol. The molecule has 0 saturated heterocycles. The van der Waals surface area contributed by atoms with E-state index in [0.29, 0.717) is 26.3 Å². The van der Waals surface area contributed by atoms with E-state index >= 15 is 0 Å². The van der Waals surface area contributed by atoms with Crippen LogP contribution in [0.3, 0.4) is 0 Å². The second-order valence-corrected chi connectivity index (χ2v) is 8.95. The number of rotatable bonds is 5. The SMILES string of the molecule is CCOC(=O)C1=C(O)/C(=C/c2cc(Br)cc(Br)c2OC)SC1=NC(=O)c1ccccc1. The molecule has 160 valence electrons. The molecule has 2 aromatic rings. The van der Waals surface area contributed by atoms with E-state index in [1.807, 2.05) is 6.07 Å². The van der Waals surface area contributed by atoms with Crippen LogP contribution >= 0.6 is 43.6 Å². The molecule has 1 aliphatic rings. The third-order valence-electron chi connectivity index (χ3n) is 4.12. The number of aliphatic hydroxyl groups is 1. The quantitative estimate of drug-likeness (QED) is 0.452. The molecule has 0 saturated carbocycles. The Morgan fingerprint density at radius 2 is 1.90 bits per heavy atom. The number of methoxy groups -OCH3 is 1. The molecule has 6 nitrogen and oxygen atoms in total. The Bertz CT molecular complexity index is 1130. The minimum absolute atomic E-state index is 0.0732. The Hall–Kier alpha value is -2.36. The van der Waals surface area contributed by atoms with Crippen LogP contribution in [0, 0.1) is 0 Å². The first-order valence-electron chi connectivity index (χ1n) is 9.07. The number of carbonyl (C=O) groups is 2. The molecule has 0 unspecified atom stereocenters. The van der Waals surface area contributed by atoms with Gasteiger partial charge in [-0.2, -0.15) is 0 Å². The van der Waals surface area contributed by atoms with E-state index in [1.165, 1.54) is 7.11 Å². The maximum atomic E-state index is 12.6. The predicted molar refractivity (Wildman–Crippen MR) is 128 cm³/mol. The van der Waals surface area contributed by atoms with Crippen LogP contribution in [0.5, 0.6) is 5.75 Å². The molecule has 0 aliphatic carbocycles. The first kappa shape index (κ1) is 23.3. The van der Waals surface area contributed by atoms with E-state index in [9.17, 15) is 14.7 Å². The Labute approximate surface area is 200 Å². The summed E-state index contributed by atoms with van der Waals surface area (Å²) in [6, 6.07) is 12.1. The minimum atomic E-state index is -0.752. The largest absolute Gasteiger partial charge is 0.506 e. The molecule has 0 atom stereocenters. The number of esters is 1. The van der Waals surface area contributed by atoms with Gasteiger partial charge in [0.15, 0.2) is 0 Å². The summed E-state index contributed by atoms with van der Waals surface area (Å²) in [5.74, 6) is -1.03. The van der Waals surface area contributed by atoms with Crippen molar-refractivity contribution in [3.63, 3.8) is 0 Å². The first-order valence-corrected chi connectivity index (χ1v) is 11.5. The summed E-state index contributed by atoms with van der Waals surface area (Å²) in [6.07, 6.45) is 1.66. The number of ether oxygens (including phenoxy) is 2. The number of nitrogens with zero attached hydrogens (tertiary/aromatic N) is 1. The van der Waals surface area contributed by atoms with E-state index in [1.54, 1.807) is 49.4 Å². The van der Waals surface area contributed by atoms with Gasteiger partial charge in [-0.25, -0.2) is 9.79 Å². The van der Waals surface area contributed by atoms with Crippen LogP contribution in [0.2, 0.25) is 0 Å². The van der Waals surface area contributed by atoms with Crippen molar-refractivity contribution >= 4 is 66.6 Å². The predicted octanol–water partition coefficient (Wildman–Crippen LogP) is 5.92. The van der Waals surface area contributed by atoms with Crippen LogP contribution in [-0.2, 0) is 9.53 Å². The van der Waals surface area contributed by atoms with Crippen molar-refractivity contribution in [3.05, 3.63) is 78.8 Å². The molecule has 1 amide bonds. The van der Waals surface area contributed by atoms with Crippen molar-refractivity contribution < 1.29 is 24.2 Å². The zero-order chi connectivity index (χ0) is 22.5. The van der Waals surface area contributed by atoms with Crippen molar-refractivity contribution in [2.45, 2.75) is 6.92 Å². The fourth-order valence-electron chi connectivity index (χ4n) is 2.77. The first-order chi connectivity index (χ1) is 14.8. The number of hydrogen-bond donors (Lipinski definition) is 1. The summed E-state index contributed by atoms with van der Waals surface area (Å²) >= 11 is 7.88. The van der Waals surface area contributed by atoms with Gasteiger partial charge in [-0.1, -0.05) is 45.9 Å². The molecule has 0 aromatic heterocycles.